The lowest BCUT2D eigenvalue weighted by Crippen LogP contribution is -2.35. The Labute approximate surface area is 183 Å². The number of hydrogen-bond acceptors (Lipinski definition) is 5. The first-order valence-corrected chi connectivity index (χ1v) is 11.1. The van der Waals surface area contributed by atoms with E-state index in [0.29, 0.717) is 30.4 Å². The summed E-state index contributed by atoms with van der Waals surface area (Å²) in [6.45, 7) is 8.49. The van der Waals surface area contributed by atoms with Crippen LogP contribution in [0.3, 0.4) is 0 Å². The summed E-state index contributed by atoms with van der Waals surface area (Å²) in [6.07, 6.45) is 3.77. The molecule has 8 heteroatoms. The third-order valence-electron chi connectivity index (χ3n) is 5.63. The van der Waals surface area contributed by atoms with Crippen LogP contribution in [0.4, 0.5) is 0 Å². The van der Waals surface area contributed by atoms with Gasteiger partial charge in [0.05, 0.1) is 13.2 Å². The van der Waals surface area contributed by atoms with E-state index in [2.05, 4.69) is 29.4 Å². The highest BCUT2D eigenvalue weighted by atomic mass is 32.1. The maximum absolute atomic E-state index is 12.5. The van der Waals surface area contributed by atoms with E-state index in [1.807, 2.05) is 31.2 Å². The molecule has 0 unspecified atom stereocenters. The summed E-state index contributed by atoms with van der Waals surface area (Å²) >= 11 is 5.33. The third kappa shape index (κ3) is 5.56. The van der Waals surface area contributed by atoms with Gasteiger partial charge in [0.2, 0.25) is 5.91 Å². The Balaban J connectivity index is 1.53. The van der Waals surface area contributed by atoms with Crippen LogP contribution in [0, 0.1) is 17.1 Å². The number of carbonyl (C=O) groups excluding carboxylic acids is 1. The maximum atomic E-state index is 12.5. The Hall–Kier alpha value is -2.03. The number of carbonyl (C=O) groups is 1. The van der Waals surface area contributed by atoms with Crippen LogP contribution in [0.25, 0.3) is 11.4 Å². The molecule has 1 amide bonds. The summed E-state index contributed by atoms with van der Waals surface area (Å²) in [5.41, 5.74) is 2.06. The molecule has 0 radical (unpaired) electrons. The molecule has 2 aromatic rings. The molecule has 1 aliphatic rings. The predicted octanol–water partition coefficient (Wildman–Crippen LogP) is 3.99. The molecule has 1 aromatic carbocycles. The maximum Gasteiger partial charge on any atom is 0.240 e. The first-order valence-electron chi connectivity index (χ1n) is 10.6. The van der Waals surface area contributed by atoms with E-state index in [0.717, 1.165) is 31.2 Å². The van der Waals surface area contributed by atoms with Crippen molar-refractivity contribution >= 4 is 18.1 Å². The quantitative estimate of drug-likeness (QED) is 0.438. The van der Waals surface area contributed by atoms with E-state index in [4.69, 9.17) is 21.7 Å². The molecule has 30 heavy (non-hydrogen) atoms. The van der Waals surface area contributed by atoms with Crippen LogP contribution in [-0.2, 0) is 20.8 Å². The zero-order valence-electron chi connectivity index (χ0n) is 18.1. The van der Waals surface area contributed by atoms with Crippen molar-refractivity contribution in [3.8, 4) is 11.4 Å². The fraction of sp³-hybridized carbons (Fsp3) is 0.591. The van der Waals surface area contributed by atoms with Crippen LogP contribution in [0.2, 0.25) is 0 Å². The molecule has 1 aromatic heterocycles. The van der Waals surface area contributed by atoms with Crippen molar-refractivity contribution in [1.82, 2.24) is 20.1 Å². The highest BCUT2D eigenvalue weighted by Crippen LogP contribution is 2.37. The molecule has 2 N–H and O–H groups in total. The summed E-state index contributed by atoms with van der Waals surface area (Å²) < 4.78 is 13.7. The van der Waals surface area contributed by atoms with Gasteiger partial charge in [0.1, 0.15) is 6.54 Å². The van der Waals surface area contributed by atoms with Crippen molar-refractivity contribution in [2.45, 2.75) is 59.3 Å². The van der Waals surface area contributed by atoms with Crippen molar-refractivity contribution in [3.63, 3.8) is 0 Å². The molecule has 1 saturated heterocycles. The summed E-state index contributed by atoms with van der Waals surface area (Å²) in [5, 5.41) is 10.1. The van der Waals surface area contributed by atoms with E-state index in [9.17, 15) is 4.79 Å². The zero-order chi connectivity index (χ0) is 21.6. The summed E-state index contributed by atoms with van der Waals surface area (Å²) in [4.78, 5) is 12.5. The number of hydrogen-bond donors (Lipinski definition) is 2. The lowest BCUT2D eigenvalue weighted by Gasteiger charge is -2.34. The summed E-state index contributed by atoms with van der Waals surface area (Å²) in [7, 11) is 0. The van der Waals surface area contributed by atoms with Crippen LogP contribution >= 0.6 is 12.2 Å². The molecular weight excluding hydrogens is 400 g/mol. The van der Waals surface area contributed by atoms with Gasteiger partial charge in [-0.05, 0) is 38.4 Å². The minimum absolute atomic E-state index is 0.0261. The molecule has 164 valence electrons. The standard InChI is InChI=1S/C22H32N4O3S/c1-4-10-22(3,20-28-13-14-29-20)11-5-12-23-18(27)15-26-19(24-25-21(26)30)17-8-6-16(2)7-9-17/h6-9,20H,4-5,10-15H2,1-3H3,(H,23,27)(H,25,30)/t22-/m0/s1. The minimum atomic E-state index is -0.144. The number of nitrogens with zero attached hydrogens (tertiary/aromatic N) is 2. The normalized spacial score (nSPS) is 16.5. The van der Waals surface area contributed by atoms with Gasteiger partial charge < -0.3 is 14.8 Å². The minimum Gasteiger partial charge on any atom is -0.355 e. The number of aromatic amines is 1. The number of aromatic nitrogens is 3. The van der Waals surface area contributed by atoms with Crippen molar-refractivity contribution < 1.29 is 14.3 Å². The molecule has 0 saturated carbocycles. The topological polar surface area (TPSA) is 81.2 Å². The van der Waals surface area contributed by atoms with Crippen molar-refractivity contribution in [2.75, 3.05) is 19.8 Å². The van der Waals surface area contributed by atoms with E-state index in [1.165, 1.54) is 5.56 Å². The second kappa shape index (κ2) is 10.3. The van der Waals surface area contributed by atoms with Gasteiger partial charge >= 0.3 is 0 Å². The predicted molar refractivity (Wildman–Crippen MR) is 119 cm³/mol. The number of aryl methyl sites for hydroxylation is 1. The van der Waals surface area contributed by atoms with E-state index in [1.54, 1.807) is 4.57 Å². The molecule has 1 atom stereocenters. The highest BCUT2D eigenvalue weighted by Gasteiger charge is 2.37. The molecular formula is C22H32N4O3S. The van der Waals surface area contributed by atoms with Crippen LogP contribution in [0.5, 0.6) is 0 Å². The van der Waals surface area contributed by atoms with Gasteiger partial charge in [-0.2, -0.15) is 5.10 Å². The van der Waals surface area contributed by atoms with Gasteiger partial charge in [0.25, 0.3) is 0 Å². The Kier molecular flexibility index (Phi) is 7.80. The third-order valence-corrected chi connectivity index (χ3v) is 5.94. The van der Waals surface area contributed by atoms with Crippen LogP contribution in [0.15, 0.2) is 24.3 Å². The van der Waals surface area contributed by atoms with E-state index < -0.39 is 0 Å². The van der Waals surface area contributed by atoms with Crippen LogP contribution in [0.1, 0.15) is 45.1 Å². The average molecular weight is 433 g/mol. The lowest BCUT2D eigenvalue weighted by atomic mass is 9.80. The van der Waals surface area contributed by atoms with Gasteiger partial charge in [-0.3, -0.25) is 14.5 Å². The molecule has 0 spiro atoms. The second-order valence-electron chi connectivity index (χ2n) is 8.24. The molecule has 1 aliphatic heterocycles. The largest absolute Gasteiger partial charge is 0.355 e. The number of nitrogens with one attached hydrogen (secondary N) is 2. The smallest absolute Gasteiger partial charge is 0.240 e. The second-order valence-corrected chi connectivity index (χ2v) is 8.62. The first-order chi connectivity index (χ1) is 14.4. The van der Waals surface area contributed by atoms with Gasteiger partial charge in [0.15, 0.2) is 16.9 Å². The van der Waals surface area contributed by atoms with E-state index in [-0.39, 0.29) is 24.2 Å². The molecule has 0 bridgehead atoms. The molecule has 7 nitrogen and oxygen atoms in total. The number of ether oxygens (including phenoxy) is 2. The Morgan fingerprint density at radius 3 is 2.67 bits per heavy atom. The zero-order valence-corrected chi connectivity index (χ0v) is 18.9. The number of benzene rings is 1. The Morgan fingerprint density at radius 2 is 2.00 bits per heavy atom. The number of H-pyrrole nitrogens is 1. The number of amides is 1. The van der Waals surface area contributed by atoms with Crippen molar-refractivity contribution in [2.24, 2.45) is 5.41 Å². The molecule has 0 aliphatic carbocycles. The van der Waals surface area contributed by atoms with Crippen LogP contribution < -0.4 is 5.32 Å². The van der Waals surface area contributed by atoms with Gasteiger partial charge in [0, 0.05) is 17.5 Å². The van der Waals surface area contributed by atoms with Crippen LogP contribution in [-0.4, -0.2) is 46.7 Å². The number of rotatable bonds is 10. The fourth-order valence-electron chi connectivity index (χ4n) is 4.00. The molecule has 3 rings (SSSR count). The van der Waals surface area contributed by atoms with Crippen molar-refractivity contribution in [3.05, 3.63) is 34.6 Å². The van der Waals surface area contributed by atoms with Crippen molar-refractivity contribution in [1.29, 1.82) is 0 Å². The highest BCUT2D eigenvalue weighted by molar-refractivity contribution is 7.71. The SMILES string of the molecule is CCC[C@@](C)(CCCNC(=O)Cn1c(-c2ccc(C)cc2)n[nH]c1=S)C1OCCO1. The first kappa shape index (κ1) is 22.7. The van der Waals surface area contributed by atoms with E-state index >= 15 is 0 Å². The molecule has 1 fully saturated rings. The monoisotopic (exact) mass is 432 g/mol. The molecule has 2 heterocycles. The summed E-state index contributed by atoms with van der Waals surface area (Å²) in [6, 6.07) is 8.00. The lowest BCUT2D eigenvalue weighted by molar-refractivity contribution is -0.133. The van der Waals surface area contributed by atoms with Gasteiger partial charge in [-0.15, -0.1) is 0 Å². The Bertz CT molecular complexity index is 887. The van der Waals surface area contributed by atoms with Gasteiger partial charge in [-0.25, -0.2) is 0 Å². The van der Waals surface area contributed by atoms with Gasteiger partial charge in [-0.1, -0.05) is 50.1 Å². The summed E-state index contributed by atoms with van der Waals surface area (Å²) in [5.74, 6) is 0.590. The Morgan fingerprint density at radius 1 is 1.30 bits per heavy atom. The fourth-order valence-corrected chi connectivity index (χ4v) is 4.20. The average Bonchev–Trinajstić information content (AvgIpc) is 3.38.